The molecule has 0 aliphatic heterocycles. The van der Waals surface area contributed by atoms with E-state index in [-0.39, 0.29) is 5.97 Å². The molecule has 3 rings (SSSR count). The number of carbonyl (C=O) groups is 1. The van der Waals surface area contributed by atoms with Gasteiger partial charge in [0, 0.05) is 6.07 Å². The number of rotatable bonds is 6. The Bertz CT molecular complexity index is 955. The van der Waals surface area contributed by atoms with Gasteiger partial charge in [-0.2, -0.15) is 0 Å². The van der Waals surface area contributed by atoms with Crippen LogP contribution in [0.15, 0.2) is 24.5 Å². The summed E-state index contributed by atoms with van der Waals surface area (Å²) in [4.78, 5) is 22.0. The third kappa shape index (κ3) is 3.28. The van der Waals surface area contributed by atoms with Crippen LogP contribution in [0, 0.1) is 6.92 Å². The van der Waals surface area contributed by atoms with Crippen LogP contribution in [0.5, 0.6) is 11.5 Å². The standard InChI is InChI=1S/C18H19N3O4S/c1-5-25-18(22)15-10(2)14-16(19-9-20-17(14)26-15)21-12-7-6-11(23-3)8-13(12)24-4/h6-9H,5H2,1-4H3,(H,19,20,21). The maximum absolute atomic E-state index is 12.2. The number of aromatic nitrogens is 2. The molecule has 0 aliphatic rings. The fourth-order valence-electron chi connectivity index (χ4n) is 2.59. The minimum absolute atomic E-state index is 0.326. The monoisotopic (exact) mass is 373 g/mol. The van der Waals surface area contributed by atoms with Crippen LogP contribution in [0.4, 0.5) is 11.5 Å². The molecule has 26 heavy (non-hydrogen) atoms. The molecule has 1 aromatic carbocycles. The molecule has 0 bridgehead atoms. The maximum atomic E-state index is 12.2. The number of hydrogen-bond donors (Lipinski definition) is 1. The fourth-order valence-corrected chi connectivity index (χ4v) is 3.63. The first-order valence-electron chi connectivity index (χ1n) is 7.99. The molecule has 2 heterocycles. The molecular formula is C18H19N3O4S. The van der Waals surface area contributed by atoms with E-state index in [1.54, 1.807) is 27.2 Å². The van der Waals surface area contributed by atoms with Crippen molar-refractivity contribution >= 4 is 39.0 Å². The number of nitrogens with one attached hydrogen (secondary N) is 1. The molecule has 0 amide bonds. The average Bonchev–Trinajstić information content (AvgIpc) is 3.00. The molecule has 2 aromatic heterocycles. The van der Waals surface area contributed by atoms with E-state index in [4.69, 9.17) is 14.2 Å². The molecule has 0 aliphatic carbocycles. The van der Waals surface area contributed by atoms with Gasteiger partial charge >= 0.3 is 5.97 Å². The predicted octanol–water partition coefficient (Wildman–Crippen LogP) is 3.94. The summed E-state index contributed by atoms with van der Waals surface area (Å²) in [6.07, 6.45) is 1.46. The highest BCUT2D eigenvalue weighted by Gasteiger charge is 2.20. The van der Waals surface area contributed by atoms with Crippen LogP contribution < -0.4 is 14.8 Å². The van der Waals surface area contributed by atoms with Gasteiger partial charge in [-0.1, -0.05) is 0 Å². The summed E-state index contributed by atoms with van der Waals surface area (Å²) in [5, 5.41) is 4.06. The van der Waals surface area contributed by atoms with Crippen molar-refractivity contribution < 1.29 is 19.0 Å². The fraction of sp³-hybridized carbons (Fsp3) is 0.278. The zero-order valence-corrected chi connectivity index (χ0v) is 15.8. The van der Waals surface area contributed by atoms with Crippen molar-refractivity contribution in [2.24, 2.45) is 0 Å². The Morgan fingerprint density at radius 3 is 2.73 bits per heavy atom. The second kappa shape index (κ2) is 7.57. The smallest absolute Gasteiger partial charge is 0.348 e. The number of ether oxygens (including phenoxy) is 3. The lowest BCUT2D eigenvalue weighted by Crippen LogP contribution is -2.03. The Balaban J connectivity index is 2.05. The van der Waals surface area contributed by atoms with E-state index < -0.39 is 0 Å². The molecule has 136 valence electrons. The summed E-state index contributed by atoms with van der Waals surface area (Å²) in [6, 6.07) is 5.46. The van der Waals surface area contributed by atoms with Crippen molar-refractivity contribution in [1.29, 1.82) is 0 Å². The first-order valence-corrected chi connectivity index (χ1v) is 8.81. The molecule has 0 unspecified atom stereocenters. The largest absolute Gasteiger partial charge is 0.497 e. The van der Waals surface area contributed by atoms with Crippen molar-refractivity contribution in [3.63, 3.8) is 0 Å². The van der Waals surface area contributed by atoms with Gasteiger partial charge in [0.1, 0.15) is 33.4 Å². The molecule has 7 nitrogen and oxygen atoms in total. The Morgan fingerprint density at radius 1 is 1.23 bits per heavy atom. The normalized spacial score (nSPS) is 10.6. The van der Waals surface area contributed by atoms with Gasteiger partial charge < -0.3 is 19.5 Å². The highest BCUT2D eigenvalue weighted by Crippen LogP contribution is 2.37. The van der Waals surface area contributed by atoms with E-state index in [2.05, 4.69) is 15.3 Å². The number of carbonyl (C=O) groups excluding carboxylic acids is 1. The van der Waals surface area contributed by atoms with E-state index in [9.17, 15) is 4.79 Å². The number of methoxy groups -OCH3 is 2. The Labute approximate surface area is 154 Å². The third-order valence-electron chi connectivity index (χ3n) is 3.85. The molecule has 0 radical (unpaired) electrons. The van der Waals surface area contributed by atoms with Gasteiger partial charge in [0.2, 0.25) is 0 Å². The van der Waals surface area contributed by atoms with Gasteiger partial charge in [0.15, 0.2) is 0 Å². The highest BCUT2D eigenvalue weighted by atomic mass is 32.1. The molecule has 0 saturated heterocycles. The molecule has 1 N–H and O–H groups in total. The van der Waals surface area contributed by atoms with Gasteiger partial charge in [-0.25, -0.2) is 14.8 Å². The topological polar surface area (TPSA) is 82.6 Å². The SMILES string of the molecule is CCOC(=O)c1sc2ncnc(Nc3ccc(OC)cc3OC)c2c1C. The van der Waals surface area contributed by atoms with Crippen molar-refractivity contribution in [3.05, 3.63) is 35.0 Å². The number of nitrogens with zero attached hydrogens (tertiary/aromatic N) is 2. The first kappa shape index (κ1) is 17.9. The van der Waals surface area contributed by atoms with Gasteiger partial charge in [0.05, 0.1) is 31.9 Å². The summed E-state index contributed by atoms with van der Waals surface area (Å²) in [5.41, 5.74) is 1.52. The molecule has 0 saturated carbocycles. The van der Waals surface area contributed by atoms with Crippen molar-refractivity contribution in [1.82, 2.24) is 9.97 Å². The lowest BCUT2D eigenvalue weighted by Gasteiger charge is -2.12. The summed E-state index contributed by atoms with van der Waals surface area (Å²) in [5.74, 6) is 1.56. The van der Waals surface area contributed by atoms with Crippen LogP contribution in [0.1, 0.15) is 22.2 Å². The van der Waals surface area contributed by atoms with Crippen molar-refractivity contribution in [2.45, 2.75) is 13.8 Å². The van der Waals surface area contributed by atoms with Crippen LogP contribution in [-0.2, 0) is 4.74 Å². The zero-order chi connectivity index (χ0) is 18.7. The second-order valence-electron chi connectivity index (χ2n) is 5.37. The number of anilines is 2. The summed E-state index contributed by atoms with van der Waals surface area (Å²) >= 11 is 1.30. The minimum atomic E-state index is -0.346. The number of aryl methyl sites for hydroxylation is 1. The number of benzene rings is 1. The molecular weight excluding hydrogens is 354 g/mol. The molecule has 8 heteroatoms. The maximum Gasteiger partial charge on any atom is 0.348 e. The number of hydrogen-bond acceptors (Lipinski definition) is 8. The van der Waals surface area contributed by atoms with E-state index in [1.165, 1.54) is 17.7 Å². The van der Waals surface area contributed by atoms with Gasteiger partial charge in [-0.05, 0) is 31.5 Å². The van der Waals surface area contributed by atoms with E-state index >= 15 is 0 Å². The zero-order valence-electron chi connectivity index (χ0n) is 15.0. The average molecular weight is 373 g/mol. The second-order valence-corrected chi connectivity index (χ2v) is 6.37. The van der Waals surface area contributed by atoms with Crippen LogP contribution in [-0.4, -0.2) is 36.8 Å². The highest BCUT2D eigenvalue weighted by molar-refractivity contribution is 7.20. The van der Waals surface area contributed by atoms with Gasteiger partial charge in [-0.3, -0.25) is 0 Å². The lowest BCUT2D eigenvalue weighted by atomic mass is 10.2. The summed E-state index contributed by atoms with van der Waals surface area (Å²) < 4.78 is 15.8. The molecule has 0 atom stereocenters. The van der Waals surface area contributed by atoms with E-state index in [1.807, 2.05) is 19.1 Å². The number of thiophene rings is 1. The quantitative estimate of drug-likeness (QED) is 0.655. The van der Waals surface area contributed by atoms with Gasteiger partial charge in [-0.15, -0.1) is 11.3 Å². The number of fused-ring (bicyclic) bond motifs is 1. The molecule has 3 aromatic rings. The Kier molecular flexibility index (Phi) is 5.22. The summed E-state index contributed by atoms with van der Waals surface area (Å²) in [6.45, 7) is 3.97. The van der Waals surface area contributed by atoms with Crippen LogP contribution in [0.3, 0.4) is 0 Å². The van der Waals surface area contributed by atoms with Crippen molar-refractivity contribution in [3.8, 4) is 11.5 Å². The van der Waals surface area contributed by atoms with Crippen LogP contribution in [0.25, 0.3) is 10.2 Å². The molecule has 0 fully saturated rings. The predicted molar refractivity (Wildman–Crippen MR) is 101 cm³/mol. The molecule has 0 spiro atoms. The van der Waals surface area contributed by atoms with Crippen LogP contribution >= 0.6 is 11.3 Å². The third-order valence-corrected chi connectivity index (χ3v) is 5.03. The first-order chi connectivity index (χ1) is 12.6. The Hall–Kier alpha value is -2.87. The lowest BCUT2D eigenvalue weighted by molar-refractivity contribution is 0.0531. The minimum Gasteiger partial charge on any atom is -0.497 e. The Morgan fingerprint density at radius 2 is 2.04 bits per heavy atom. The van der Waals surface area contributed by atoms with E-state index in [0.717, 1.165) is 21.5 Å². The summed E-state index contributed by atoms with van der Waals surface area (Å²) in [7, 11) is 3.19. The van der Waals surface area contributed by atoms with E-state index in [0.29, 0.717) is 28.8 Å². The van der Waals surface area contributed by atoms with Crippen LogP contribution in [0.2, 0.25) is 0 Å². The van der Waals surface area contributed by atoms with Crippen molar-refractivity contribution in [2.75, 3.05) is 26.1 Å². The van der Waals surface area contributed by atoms with Gasteiger partial charge in [0.25, 0.3) is 0 Å². The number of esters is 1.